The first-order chi connectivity index (χ1) is 8.61. The number of nitrogens with two attached hydrogens (primary N) is 1. The highest BCUT2D eigenvalue weighted by atomic mass is 19.1. The van der Waals surface area contributed by atoms with Gasteiger partial charge in [-0.2, -0.15) is 0 Å². The third-order valence-corrected chi connectivity index (χ3v) is 2.65. The molecule has 1 amide bonds. The SMILES string of the molecule is CCc1c(C(N)=O)nnn1Cc1ccc(F)cc1. The van der Waals surface area contributed by atoms with E-state index in [1.807, 2.05) is 6.92 Å². The molecule has 0 radical (unpaired) electrons. The molecule has 0 aliphatic heterocycles. The molecular formula is C12H13FN4O. The Hall–Kier alpha value is -2.24. The Morgan fingerprint density at radius 1 is 1.39 bits per heavy atom. The number of primary amides is 1. The van der Waals surface area contributed by atoms with E-state index in [9.17, 15) is 9.18 Å². The van der Waals surface area contributed by atoms with Gasteiger partial charge in [-0.15, -0.1) is 5.10 Å². The maximum absolute atomic E-state index is 12.8. The Bertz CT molecular complexity index is 562. The largest absolute Gasteiger partial charge is 0.364 e. The molecule has 0 unspecified atom stereocenters. The lowest BCUT2D eigenvalue weighted by molar-refractivity contribution is 0.0994. The predicted molar refractivity (Wildman–Crippen MR) is 63.4 cm³/mol. The second kappa shape index (κ2) is 4.95. The van der Waals surface area contributed by atoms with Gasteiger partial charge in [0.2, 0.25) is 0 Å². The molecule has 0 aliphatic carbocycles. The molecule has 6 heteroatoms. The Balaban J connectivity index is 2.29. The van der Waals surface area contributed by atoms with Crippen LogP contribution in [0.3, 0.4) is 0 Å². The predicted octanol–water partition coefficient (Wildman–Crippen LogP) is 1.13. The number of nitrogens with zero attached hydrogens (tertiary/aromatic N) is 3. The minimum absolute atomic E-state index is 0.194. The van der Waals surface area contributed by atoms with Gasteiger partial charge in [0.15, 0.2) is 5.69 Å². The number of benzene rings is 1. The Morgan fingerprint density at radius 3 is 2.61 bits per heavy atom. The van der Waals surface area contributed by atoms with E-state index in [4.69, 9.17) is 5.73 Å². The molecule has 0 spiro atoms. The van der Waals surface area contributed by atoms with Crippen molar-refractivity contribution < 1.29 is 9.18 Å². The van der Waals surface area contributed by atoms with Crippen molar-refractivity contribution in [2.24, 2.45) is 5.73 Å². The molecule has 2 aromatic rings. The van der Waals surface area contributed by atoms with Crippen LogP contribution in [0.1, 0.15) is 28.7 Å². The van der Waals surface area contributed by atoms with Gasteiger partial charge < -0.3 is 5.73 Å². The van der Waals surface area contributed by atoms with Gasteiger partial charge in [0, 0.05) is 0 Å². The maximum Gasteiger partial charge on any atom is 0.271 e. The summed E-state index contributed by atoms with van der Waals surface area (Å²) in [5.41, 5.74) is 6.97. The standard InChI is InChI=1S/C12H13FN4O/c1-2-10-11(12(14)18)15-16-17(10)7-8-3-5-9(13)6-4-8/h3-6H,2,7H2,1H3,(H2,14,18). The number of carbonyl (C=O) groups is 1. The molecule has 1 heterocycles. The van der Waals surface area contributed by atoms with Gasteiger partial charge in [0.1, 0.15) is 5.82 Å². The Kier molecular flexibility index (Phi) is 3.36. The zero-order valence-electron chi connectivity index (χ0n) is 9.93. The van der Waals surface area contributed by atoms with Crippen LogP contribution in [0.2, 0.25) is 0 Å². The number of hydrogen-bond acceptors (Lipinski definition) is 3. The van der Waals surface area contributed by atoms with Gasteiger partial charge in [0.25, 0.3) is 5.91 Å². The van der Waals surface area contributed by atoms with Crippen molar-refractivity contribution >= 4 is 5.91 Å². The minimum atomic E-state index is -0.586. The monoisotopic (exact) mass is 248 g/mol. The molecule has 0 saturated carbocycles. The molecule has 1 aromatic heterocycles. The number of halogens is 1. The van der Waals surface area contributed by atoms with E-state index in [1.54, 1.807) is 16.8 Å². The van der Waals surface area contributed by atoms with Gasteiger partial charge in [-0.05, 0) is 24.1 Å². The normalized spacial score (nSPS) is 10.6. The van der Waals surface area contributed by atoms with Gasteiger partial charge in [-0.3, -0.25) is 4.79 Å². The van der Waals surface area contributed by atoms with E-state index in [-0.39, 0.29) is 11.5 Å². The Morgan fingerprint density at radius 2 is 2.06 bits per heavy atom. The second-order valence-electron chi connectivity index (χ2n) is 3.89. The van der Waals surface area contributed by atoms with Crippen molar-refractivity contribution in [2.75, 3.05) is 0 Å². The summed E-state index contributed by atoms with van der Waals surface area (Å²) in [5.74, 6) is -0.872. The molecule has 94 valence electrons. The topological polar surface area (TPSA) is 73.8 Å². The summed E-state index contributed by atoms with van der Waals surface area (Å²) in [5, 5.41) is 7.66. The number of hydrogen-bond donors (Lipinski definition) is 1. The number of amides is 1. The Labute approximate surface area is 103 Å². The van der Waals surface area contributed by atoms with E-state index >= 15 is 0 Å². The first kappa shape index (κ1) is 12.2. The molecule has 0 bridgehead atoms. The summed E-state index contributed by atoms with van der Waals surface area (Å²) in [6.45, 7) is 2.33. The van der Waals surface area contributed by atoms with Gasteiger partial charge >= 0.3 is 0 Å². The van der Waals surface area contributed by atoms with Crippen molar-refractivity contribution in [2.45, 2.75) is 19.9 Å². The lowest BCUT2D eigenvalue weighted by Gasteiger charge is -2.05. The quantitative estimate of drug-likeness (QED) is 0.881. The third-order valence-electron chi connectivity index (χ3n) is 2.65. The van der Waals surface area contributed by atoms with Crippen molar-refractivity contribution in [3.63, 3.8) is 0 Å². The summed E-state index contributed by atoms with van der Waals surface area (Å²) in [4.78, 5) is 11.1. The molecule has 1 aromatic carbocycles. The highest BCUT2D eigenvalue weighted by Crippen LogP contribution is 2.10. The average molecular weight is 248 g/mol. The lowest BCUT2D eigenvalue weighted by atomic mass is 10.2. The minimum Gasteiger partial charge on any atom is -0.364 e. The van der Waals surface area contributed by atoms with Crippen molar-refractivity contribution in [3.8, 4) is 0 Å². The fourth-order valence-corrected chi connectivity index (χ4v) is 1.76. The molecular weight excluding hydrogens is 235 g/mol. The van der Waals surface area contributed by atoms with Crippen LogP contribution in [0.5, 0.6) is 0 Å². The van der Waals surface area contributed by atoms with Crippen LogP contribution < -0.4 is 5.73 Å². The first-order valence-corrected chi connectivity index (χ1v) is 5.58. The molecule has 0 fully saturated rings. The lowest BCUT2D eigenvalue weighted by Crippen LogP contribution is -2.15. The van der Waals surface area contributed by atoms with Crippen LogP contribution in [-0.4, -0.2) is 20.9 Å². The summed E-state index contributed by atoms with van der Waals surface area (Å²) >= 11 is 0. The molecule has 0 aliphatic rings. The van der Waals surface area contributed by atoms with Gasteiger partial charge in [-0.25, -0.2) is 9.07 Å². The molecule has 2 rings (SSSR count). The molecule has 0 atom stereocenters. The van der Waals surface area contributed by atoms with E-state index in [1.165, 1.54) is 12.1 Å². The van der Waals surface area contributed by atoms with Crippen molar-refractivity contribution in [1.82, 2.24) is 15.0 Å². The van der Waals surface area contributed by atoms with Gasteiger partial charge in [-0.1, -0.05) is 24.3 Å². The van der Waals surface area contributed by atoms with Crippen molar-refractivity contribution in [3.05, 3.63) is 47.0 Å². The highest BCUT2D eigenvalue weighted by molar-refractivity contribution is 5.91. The van der Waals surface area contributed by atoms with E-state index < -0.39 is 5.91 Å². The molecule has 0 saturated heterocycles. The van der Waals surface area contributed by atoms with Gasteiger partial charge in [0.05, 0.1) is 12.2 Å². The highest BCUT2D eigenvalue weighted by Gasteiger charge is 2.15. The van der Waals surface area contributed by atoms with Crippen LogP contribution in [-0.2, 0) is 13.0 Å². The number of aromatic nitrogens is 3. The fourth-order valence-electron chi connectivity index (χ4n) is 1.76. The maximum atomic E-state index is 12.8. The van der Waals surface area contributed by atoms with E-state index in [2.05, 4.69) is 10.3 Å². The molecule has 18 heavy (non-hydrogen) atoms. The van der Waals surface area contributed by atoms with Crippen LogP contribution in [0.15, 0.2) is 24.3 Å². The van der Waals surface area contributed by atoms with Crippen LogP contribution in [0, 0.1) is 5.82 Å². The smallest absolute Gasteiger partial charge is 0.271 e. The zero-order valence-corrected chi connectivity index (χ0v) is 9.93. The van der Waals surface area contributed by atoms with Crippen LogP contribution >= 0.6 is 0 Å². The summed E-state index contributed by atoms with van der Waals surface area (Å²) in [6.07, 6.45) is 0.604. The van der Waals surface area contributed by atoms with Crippen LogP contribution in [0.25, 0.3) is 0 Å². The van der Waals surface area contributed by atoms with E-state index in [0.717, 1.165) is 5.56 Å². The molecule has 2 N–H and O–H groups in total. The van der Waals surface area contributed by atoms with Crippen molar-refractivity contribution in [1.29, 1.82) is 0 Å². The second-order valence-corrected chi connectivity index (χ2v) is 3.89. The fraction of sp³-hybridized carbons (Fsp3) is 0.250. The average Bonchev–Trinajstić information content (AvgIpc) is 2.75. The number of rotatable bonds is 4. The summed E-state index contributed by atoms with van der Waals surface area (Å²) in [7, 11) is 0. The summed E-state index contributed by atoms with van der Waals surface area (Å²) < 4.78 is 14.4. The van der Waals surface area contributed by atoms with Crippen LogP contribution in [0.4, 0.5) is 4.39 Å². The number of carbonyl (C=O) groups excluding carboxylic acids is 1. The zero-order chi connectivity index (χ0) is 13.1. The van der Waals surface area contributed by atoms with E-state index in [0.29, 0.717) is 18.7 Å². The molecule has 5 nitrogen and oxygen atoms in total. The summed E-state index contributed by atoms with van der Waals surface area (Å²) in [6, 6.07) is 6.10. The first-order valence-electron chi connectivity index (χ1n) is 5.58. The third kappa shape index (κ3) is 2.37.